The second-order valence-corrected chi connectivity index (χ2v) is 5.57. The lowest BCUT2D eigenvalue weighted by Gasteiger charge is -2.35. The number of carbonyl (C=O) groups excluding carboxylic acids is 1. The van der Waals surface area contributed by atoms with Gasteiger partial charge in [0.1, 0.15) is 18.1 Å². The van der Waals surface area contributed by atoms with E-state index in [4.69, 9.17) is 14.2 Å². The van der Waals surface area contributed by atoms with Crippen molar-refractivity contribution < 1.29 is 24.1 Å². The van der Waals surface area contributed by atoms with Crippen molar-refractivity contribution >= 4 is 6.09 Å². The normalized spacial score (nSPS) is 18.4. The van der Waals surface area contributed by atoms with Crippen molar-refractivity contribution in [3.63, 3.8) is 0 Å². The summed E-state index contributed by atoms with van der Waals surface area (Å²) in [7, 11) is 0. The van der Waals surface area contributed by atoms with Gasteiger partial charge in [0.2, 0.25) is 0 Å². The number of nitrogens with zero attached hydrogens (tertiary/aromatic N) is 1. The summed E-state index contributed by atoms with van der Waals surface area (Å²) in [5.41, 5.74) is 0.676. The van der Waals surface area contributed by atoms with Crippen LogP contribution in [0.3, 0.4) is 0 Å². The summed E-state index contributed by atoms with van der Waals surface area (Å²) >= 11 is 0. The molecule has 1 heterocycles. The van der Waals surface area contributed by atoms with E-state index in [1.807, 2.05) is 13.8 Å². The zero-order chi connectivity index (χ0) is 16.1. The average molecular weight is 309 g/mol. The summed E-state index contributed by atoms with van der Waals surface area (Å²) in [6.07, 6.45) is -0.509. The maximum atomic E-state index is 12.1. The van der Waals surface area contributed by atoms with Gasteiger partial charge in [-0.2, -0.15) is 0 Å². The average Bonchev–Trinajstić information content (AvgIpc) is 2.48. The van der Waals surface area contributed by atoms with Crippen LogP contribution in [0, 0.1) is 6.92 Å². The molecule has 1 saturated heterocycles. The van der Waals surface area contributed by atoms with E-state index in [9.17, 15) is 9.90 Å². The summed E-state index contributed by atoms with van der Waals surface area (Å²) in [6.45, 7) is 7.10. The number of morpholine rings is 1. The molecule has 0 radical (unpaired) electrons. The predicted molar refractivity (Wildman–Crippen MR) is 81.3 cm³/mol. The van der Waals surface area contributed by atoms with Crippen LogP contribution in [-0.4, -0.2) is 54.6 Å². The predicted octanol–water partition coefficient (Wildman–Crippen LogP) is 2.33. The quantitative estimate of drug-likeness (QED) is 0.924. The fourth-order valence-electron chi connectivity index (χ4n) is 2.25. The molecule has 6 heteroatoms. The molecule has 6 nitrogen and oxygen atoms in total. The van der Waals surface area contributed by atoms with Crippen LogP contribution < -0.4 is 4.74 Å². The molecule has 122 valence electrons. The molecule has 0 bridgehead atoms. The van der Waals surface area contributed by atoms with Crippen molar-refractivity contribution in [2.24, 2.45) is 0 Å². The fourth-order valence-corrected chi connectivity index (χ4v) is 2.25. The van der Waals surface area contributed by atoms with E-state index in [1.54, 1.807) is 30.0 Å². The first-order valence-corrected chi connectivity index (χ1v) is 7.45. The van der Waals surface area contributed by atoms with E-state index in [-0.39, 0.29) is 30.6 Å². The van der Waals surface area contributed by atoms with Crippen molar-refractivity contribution in [1.29, 1.82) is 0 Å². The number of ether oxygens (including phenoxy) is 3. The van der Waals surface area contributed by atoms with Crippen LogP contribution in [-0.2, 0) is 9.47 Å². The number of amides is 1. The fraction of sp³-hybridized carbons (Fsp3) is 0.562. The van der Waals surface area contributed by atoms with Crippen molar-refractivity contribution in [1.82, 2.24) is 4.90 Å². The minimum Gasteiger partial charge on any atom is -0.508 e. The number of carbonyl (C=O) groups is 1. The largest absolute Gasteiger partial charge is 0.508 e. The second-order valence-electron chi connectivity index (χ2n) is 5.57. The number of hydrogen-bond acceptors (Lipinski definition) is 5. The van der Waals surface area contributed by atoms with Gasteiger partial charge in [0, 0.05) is 12.1 Å². The topological polar surface area (TPSA) is 68.2 Å². The van der Waals surface area contributed by atoms with Crippen molar-refractivity contribution in [3.05, 3.63) is 23.8 Å². The maximum Gasteiger partial charge on any atom is 0.410 e. The molecule has 1 atom stereocenters. The summed E-state index contributed by atoms with van der Waals surface area (Å²) < 4.78 is 16.4. The van der Waals surface area contributed by atoms with E-state index in [2.05, 4.69) is 0 Å². The van der Waals surface area contributed by atoms with Crippen LogP contribution in [0.5, 0.6) is 11.5 Å². The number of rotatable bonds is 4. The molecule has 22 heavy (non-hydrogen) atoms. The van der Waals surface area contributed by atoms with Crippen molar-refractivity contribution in [3.8, 4) is 11.5 Å². The van der Waals surface area contributed by atoms with Gasteiger partial charge in [0.05, 0.1) is 25.4 Å². The molecule has 2 rings (SSSR count). The minimum atomic E-state index is -0.348. The van der Waals surface area contributed by atoms with Gasteiger partial charge in [0.15, 0.2) is 0 Å². The number of hydrogen-bond donors (Lipinski definition) is 1. The number of aromatic hydroxyl groups is 1. The molecule has 0 aliphatic carbocycles. The van der Waals surface area contributed by atoms with Gasteiger partial charge in [-0.3, -0.25) is 4.90 Å². The maximum absolute atomic E-state index is 12.1. The number of phenolic OH excluding ortho intramolecular Hbond substituents is 1. The summed E-state index contributed by atoms with van der Waals surface area (Å²) in [6, 6.07) is 4.91. The van der Waals surface area contributed by atoms with Crippen molar-refractivity contribution in [2.45, 2.75) is 32.9 Å². The Bertz CT molecular complexity index is 517. The molecule has 0 saturated carbocycles. The van der Waals surface area contributed by atoms with Gasteiger partial charge in [-0.05, 0) is 32.9 Å². The number of benzene rings is 1. The minimum absolute atomic E-state index is 0.162. The highest BCUT2D eigenvalue weighted by Gasteiger charge is 2.29. The highest BCUT2D eigenvalue weighted by Crippen LogP contribution is 2.26. The first-order valence-electron chi connectivity index (χ1n) is 7.45. The van der Waals surface area contributed by atoms with Gasteiger partial charge in [-0.15, -0.1) is 0 Å². The van der Waals surface area contributed by atoms with Gasteiger partial charge >= 0.3 is 6.09 Å². The summed E-state index contributed by atoms with van der Waals surface area (Å²) in [5, 5.41) is 9.69. The third-order valence-electron chi connectivity index (χ3n) is 3.49. The third kappa shape index (κ3) is 4.04. The first kappa shape index (κ1) is 16.4. The highest BCUT2D eigenvalue weighted by molar-refractivity contribution is 5.68. The van der Waals surface area contributed by atoms with Crippen LogP contribution in [0.15, 0.2) is 18.2 Å². The molecule has 1 N–H and O–H groups in total. The standard InChI is InChI=1S/C16H23NO5/c1-11(2)22-16(19)17-7-8-20-9-13(17)10-21-15-6-4-5-14(18)12(15)3/h4-6,11,13,18H,7-10H2,1-3H3. The van der Waals surface area contributed by atoms with E-state index in [0.717, 1.165) is 0 Å². The Morgan fingerprint density at radius 3 is 3.00 bits per heavy atom. The van der Waals surface area contributed by atoms with Gasteiger partial charge in [0.25, 0.3) is 0 Å². The molecule has 1 unspecified atom stereocenters. The first-order chi connectivity index (χ1) is 10.5. The Morgan fingerprint density at radius 2 is 2.27 bits per heavy atom. The molecule has 1 amide bonds. The van der Waals surface area contributed by atoms with Crippen LogP contribution in [0.25, 0.3) is 0 Å². The van der Waals surface area contributed by atoms with Crippen LogP contribution in [0.4, 0.5) is 4.79 Å². The molecule has 1 aliphatic rings. The molecule has 1 aromatic carbocycles. The highest BCUT2D eigenvalue weighted by atomic mass is 16.6. The smallest absolute Gasteiger partial charge is 0.410 e. The van der Waals surface area contributed by atoms with E-state index < -0.39 is 0 Å². The monoisotopic (exact) mass is 309 g/mol. The Balaban J connectivity index is 1.99. The Labute approximate surface area is 130 Å². The Morgan fingerprint density at radius 1 is 1.50 bits per heavy atom. The molecular formula is C16H23NO5. The van der Waals surface area contributed by atoms with Crippen LogP contribution >= 0.6 is 0 Å². The molecule has 1 aromatic rings. The van der Waals surface area contributed by atoms with Gasteiger partial charge in [-0.1, -0.05) is 6.07 Å². The van der Waals surface area contributed by atoms with E-state index in [0.29, 0.717) is 31.1 Å². The molecule has 1 aliphatic heterocycles. The van der Waals surface area contributed by atoms with Crippen LogP contribution in [0.2, 0.25) is 0 Å². The lowest BCUT2D eigenvalue weighted by atomic mass is 10.2. The van der Waals surface area contributed by atoms with E-state index >= 15 is 0 Å². The third-order valence-corrected chi connectivity index (χ3v) is 3.49. The molecule has 0 spiro atoms. The molecular weight excluding hydrogens is 286 g/mol. The molecule has 1 fully saturated rings. The van der Waals surface area contributed by atoms with E-state index in [1.165, 1.54) is 0 Å². The van der Waals surface area contributed by atoms with Crippen molar-refractivity contribution in [2.75, 3.05) is 26.4 Å². The Hall–Kier alpha value is -1.95. The lowest BCUT2D eigenvalue weighted by molar-refractivity contribution is -0.0278. The SMILES string of the molecule is Cc1c(O)cccc1OCC1COCCN1C(=O)OC(C)C. The summed E-state index contributed by atoms with van der Waals surface area (Å²) in [5.74, 6) is 0.788. The lowest BCUT2D eigenvalue weighted by Crippen LogP contribution is -2.52. The summed E-state index contributed by atoms with van der Waals surface area (Å²) in [4.78, 5) is 13.7. The number of phenols is 1. The molecule has 0 aromatic heterocycles. The second kappa shape index (κ2) is 7.35. The van der Waals surface area contributed by atoms with Gasteiger partial charge < -0.3 is 19.3 Å². The Kier molecular flexibility index (Phi) is 5.49. The van der Waals surface area contributed by atoms with Crippen LogP contribution in [0.1, 0.15) is 19.4 Å². The van der Waals surface area contributed by atoms with Gasteiger partial charge in [-0.25, -0.2) is 4.79 Å². The zero-order valence-corrected chi connectivity index (χ0v) is 13.2. The zero-order valence-electron chi connectivity index (χ0n) is 13.2.